The minimum absolute atomic E-state index is 0.269. The topological polar surface area (TPSA) is 90.0 Å². The summed E-state index contributed by atoms with van der Waals surface area (Å²) in [6.07, 6.45) is 0.361. The van der Waals surface area contributed by atoms with E-state index in [1.165, 1.54) is 0 Å². The Morgan fingerprint density at radius 1 is 1.17 bits per heavy atom. The summed E-state index contributed by atoms with van der Waals surface area (Å²) in [7, 11) is 1.86. The summed E-state index contributed by atoms with van der Waals surface area (Å²) in [5.41, 5.74) is 3.90. The van der Waals surface area contributed by atoms with Gasteiger partial charge in [0.15, 0.2) is 0 Å². The van der Waals surface area contributed by atoms with Crippen LogP contribution < -0.4 is 16.8 Å². The Hall–Kier alpha value is -2.99. The van der Waals surface area contributed by atoms with Crippen LogP contribution in [0.4, 0.5) is 0 Å². The molecule has 0 aliphatic heterocycles. The van der Waals surface area contributed by atoms with Gasteiger partial charge in [-0.25, -0.2) is 5.84 Å². The Balaban J connectivity index is 2.12. The van der Waals surface area contributed by atoms with Gasteiger partial charge < -0.3 is 4.57 Å². The lowest BCUT2D eigenvalue weighted by atomic mass is 10.0. The lowest BCUT2D eigenvalue weighted by molar-refractivity contribution is 0.0953. The minimum atomic E-state index is -0.369. The van der Waals surface area contributed by atoms with E-state index in [0.717, 1.165) is 11.1 Å². The maximum atomic E-state index is 12.2. The van der Waals surface area contributed by atoms with Crippen LogP contribution in [-0.4, -0.2) is 15.5 Å². The summed E-state index contributed by atoms with van der Waals surface area (Å²) >= 11 is 0. The van der Waals surface area contributed by atoms with Crippen LogP contribution in [0.5, 0.6) is 0 Å². The second kappa shape index (κ2) is 6.02. The molecule has 0 atom stereocenters. The van der Waals surface area contributed by atoms with E-state index in [4.69, 9.17) is 5.84 Å². The molecule has 1 aromatic heterocycles. The Morgan fingerprint density at radius 2 is 1.87 bits per heavy atom. The first kappa shape index (κ1) is 14.9. The van der Waals surface area contributed by atoms with Crippen molar-refractivity contribution in [3.05, 3.63) is 75.8 Å². The molecule has 116 valence electrons. The van der Waals surface area contributed by atoms with Gasteiger partial charge >= 0.3 is 0 Å². The van der Waals surface area contributed by atoms with Crippen molar-refractivity contribution >= 4 is 16.8 Å². The van der Waals surface area contributed by atoms with Gasteiger partial charge in [0, 0.05) is 19.0 Å². The molecule has 3 rings (SSSR count). The van der Waals surface area contributed by atoms with Gasteiger partial charge in [0.25, 0.3) is 11.5 Å². The van der Waals surface area contributed by atoms with E-state index in [9.17, 15) is 9.59 Å². The van der Waals surface area contributed by atoms with Gasteiger partial charge in [0.05, 0.1) is 10.9 Å². The predicted molar refractivity (Wildman–Crippen MR) is 87.9 cm³/mol. The molecule has 0 fully saturated rings. The Bertz CT molecular complexity index is 947. The molecule has 2 aromatic carbocycles. The summed E-state index contributed by atoms with van der Waals surface area (Å²) in [4.78, 5) is 28.2. The smallest absolute Gasteiger partial charge is 0.280 e. The fourth-order valence-corrected chi connectivity index (χ4v) is 2.64. The zero-order chi connectivity index (χ0) is 16.4. The summed E-state index contributed by atoms with van der Waals surface area (Å²) < 4.78 is 1.87. The molecule has 23 heavy (non-hydrogen) atoms. The fraction of sp³-hybridized carbons (Fsp3) is 0.118. The molecular weight excluding hydrogens is 292 g/mol. The molecule has 0 unspecified atom stereocenters. The number of aryl methyl sites for hydroxylation is 1. The number of aromatic nitrogens is 2. The predicted octanol–water partition coefficient (Wildman–Crippen LogP) is 1.13. The molecule has 6 heteroatoms. The summed E-state index contributed by atoms with van der Waals surface area (Å²) in [6, 6.07) is 14.4. The monoisotopic (exact) mass is 308 g/mol. The van der Waals surface area contributed by atoms with Crippen molar-refractivity contribution in [1.29, 1.82) is 0 Å². The van der Waals surface area contributed by atoms with Crippen molar-refractivity contribution in [3.8, 4) is 0 Å². The van der Waals surface area contributed by atoms with E-state index in [1.54, 1.807) is 18.2 Å². The maximum Gasteiger partial charge on any atom is 0.280 e. The van der Waals surface area contributed by atoms with Crippen molar-refractivity contribution in [2.24, 2.45) is 12.9 Å². The van der Waals surface area contributed by atoms with Crippen LogP contribution in [0.2, 0.25) is 0 Å². The lowest BCUT2D eigenvalue weighted by Crippen LogP contribution is -2.31. The third-order valence-corrected chi connectivity index (χ3v) is 3.86. The van der Waals surface area contributed by atoms with E-state index in [0.29, 0.717) is 23.2 Å². The van der Waals surface area contributed by atoms with E-state index >= 15 is 0 Å². The first-order valence-electron chi connectivity index (χ1n) is 7.15. The summed E-state index contributed by atoms with van der Waals surface area (Å²) in [5, 5.41) is 0.576. The number of rotatable bonds is 3. The molecule has 0 aliphatic rings. The van der Waals surface area contributed by atoms with Gasteiger partial charge in [-0.15, -0.1) is 0 Å². The molecule has 0 radical (unpaired) electrons. The Kier molecular flexibility index (Phi) is 3.91. The number of hydrazine groups is 1. The molecule has 0 spiro atoms. The van der Waals surface area contributed by atoms with Crippen LogP contribution in [-0.2, 0) is 13.5 Å². The number of nitrogens with zero attached hydrogens (tertiary/aromatic N) is 2. The van der Waals surface area contributed by atoms with E-state index in [-0.39, 0.29) is 11.5 Å². The van der Waals surface area contributed by atoms with Crippen molar-refractivity contribution in [2.45, 2.75) is 6.42 Å². The second-order valence-electron chi connectivity index (χ2n) is 5.22. The standard InChI is InChI=1S/C17H16N4O2/c1-21-14-9-5-4-8-13(14)16(22)19-15(21)10-11-6-2-3-7-12(11)17(23)20-18/h2-9H,10,18H2,1H3,(H,20,23). The Labute approximate surface area is 132 Å². The molecule has 1 amide bonds. The third kappa shape index (κ3) is 2.72. The highest BCUT2D eigenvalue weighted by Crippen LogP contribution is 2.15. The largest absolute Gasteiger partial charge is 0.332 e. The summed E-state index contributed by atoms with van der Waals surface area (Å²) in [5.74, 6) is 5.44. The number of carbonyl (C=O) groups is 1. The van der Waals surface area contributed by atoms with Crippen molar-refractivity contribution in [1.82, 2.24) is 15.0 Å². The normalized spacial score (nSPS) is 10.7. The number of fused-ring (bicyclic) bond motifs is 1. The average Bonchev–Trinajstić information content (AvgIpc) is 2.59. The first-order chi connectivity index (χ1) is 11.1. The van der Waals surface area contributed by atoms with Gasteiger partial charge in [0.1, 0.15) is 5.82 Å². The van der Waals surface area contributed by atoms with Gasteiger partial charge in [-0.05, 0) is 23.8 Å². The number of hydrogen-bond donors (Lipinski definition) is 2. The highest BCUT2D eigenvalue weighted by atomic mass is 16.2. The van der Waals surface area contributed by atoms with Gasteiger partial charge in [-0.1, -0.05) is 30.3 Å². The van der Waals surface area contributed by atoms with Crippen LogP contribution in [0.1, 0.15) is 21.7 Å². The maximum absolute atomic E-state index is 12.2. The highest BCUT2D eigenvalue weighted by molar-refractivity contribution is 5.95. The number of nitrogens with one attached hydrogen (secondary N) is 1. The molecule has 0 aliphatic carbocycles. The van der Waals surface area contributed by atoms with E-state index in [1.807, 2.05) is 41.9 Å². The molecule has 0 bridgehead atoms. The molecule has 6 nitrogen and oxygen atoms in total. The van der Waals surface area contributed by atoms with Gasteiger partial charge in [-0.2, -0.15) is 4.98 Å². The highest BCUT2D eigenvalue weighted by Gasteiger charge is 2.13. The van der Waals surface area contributed by atoms with Crippen LogP contribution in [0.25, 0.3) is 10.9 Å². The number of nitrogens with two attached hydrogens (primary N) is 1. The zero-order valence-electron chi connectivity index (χ0n) is 12.6. The van der Waals surface area contributed by atoms with Crippen molar-refractivity contribution in [3.63, 3.8) is 0 Å². The number of para-hydroxylation sites is 1. The SMILES string of the molecule is Cn1c(Cc2ccccc2C(=O)NN)nc(=O)c2ccccc21. The number of benzene rings is 2. The molecule has 0 saturated carbocycles. The first-order valence-corrected chi connectivity index (χ1v) is 7.15. The second-order valence-corrected chi connectivity index (χ2v) is 5.22. The van der Waals surface area contributed by atoms with E-state index < -0.39 is 0 Å². The third-order valence-electron chi connectivity index (χ3n) is 3.86. The summed E-state index contributed by atoms with van der Waals surface area (Å²) in [6.45, 7) is 0. The van der Waals surface area contributed by atoms with Crippen molar-refractivity contribution in [2.75, 3.05) is 0 Å². The quantitative estimate of drug-likeness (QED) is 0.431. The number of hydrogen-bond acceptors (Lipinski definition) is 4. The van der Waals surface area contributed by atoms with Crippen LogP contribution in [0.3, 0.4) is 0 Å². The average molecular weight is 308 g/mol. The number of carbonyl (C=O) groups excluding carboxylic acids is 1. The van der Waals surface area contributed by atoms with Gasteiger partial charge in [-0.3, -0.25) is 15.0 Å². The number of amides is 1. The minimum Gasteiger partial charge on any atom is -0.332 e. The van der Waals surface area contributed by atoms with Gasteiger partial charge in [0.2, 0.25) is 0 Å². The molecule has 3 aromatic rings. The van der Waals surface area contributed by atoms with Crippen LogP contribution in [0, 0.1) is 0 Å². The fourth-order valence-electron chi connectivity index (χ4n) is 2.64. The number of nitrogen functional groups attached to an aromatic ring is 1. The molecule has 0 saturated heterocycles. The zero-order valence-corrected chi connectivity index (χ0v) is 12.6. The van der Waals surface area contributed by atoms with Crippen molar-refractivity contribution < 1.29 is 4.79 Å². The Morgan fingerprint density at radius 3 is 2.65 bits per heavy atom. The molecular formula is C17H16N4O2. The molecule has 3 N–H and O–H groups in total. The lowest BCUT2D eigenvalue weighted by Gasteiger charge is -2.13. The van der Waals surface area contributed by atoms with Crippen LogP contribution >= 0.6 is 0 Å². The molecule has 1 heterocycles. The van der Waals surface area contributed by atoms with E-state index in [2.05, 4.69) is 10.4 Å². The van der Waals surface area contributed by atoms with Crippen LogP contribution in [0.15, 0.2) is 53.3 Å².